The highest BCUT2D eigenvalue weighted by Gasteiger charge is 2.27. The Balaban J connectivity index is 1.53. The fraction of sp³-hybridized carbons (Fsp3) is 0.227. The van der Waals surface area contributed by atoms with Gasteiger partial charge >= 0.3 is 0 Å². The second-order valence-corrected chi connectivity index (χ2v) is 7.50. The van der Waals surface area contributed by atoms with Gasteiger partial charge in [-0.25, -0.2) is 0 Å². The molecule has 0 unspecified atom stereocenters. The molecule has 6 nitrogen and oxygen atoms in total. The summed E-state index contributed by atoms with van der Waals surface area (Å²) in [7, 11) is 1.69. The van der Waals surface area contributed by atoms with Gasteiger partial charge in [0.15, 0.2) is 0 Å². The molecule has 0 bridgehead atoms. The molecular formula is C22H20ClN3O3. The van der Waals surface area contributed by atoms with Crippen molar-refractivity contribution in [3.05, 3.63) is 81.1 Å². The van der Waals surface area contributed by atoms with E-state index in [4.69, 9.17) is 11.6 Å². The Bertz CT molecular complexity index is 1160. The lowest BCUT2D eigenvalue weighted by Gasteiger charge is -2.35. The Morgan fingerprint density at radius 1 is 0.862 bits per heavy atom. The molecule has 1 fully saturated rings. The third-order valence-electron chi connectivity index (χ3n) is 5.31. The number of hydrogen-bond donors (Lipinski definition) is 0. The van der Waals surface area contributed by atoms with Gasteiger partial charge in [-0.15, -0.1) is 0 Å². The maximum absolute atomic E-state index is 13.1. The van der Waals surface area contributed by atoms with Crippen molar-refractivity contribution in [2.24, 2.45) is 7.05 Å². The number of halogens is 1. The number of aromatic nitrogens is 1. The highest BCUT2D eigenvalue weighted by atomic mass is 35.5. The predicted octanol–water partition coefficient (Wildman–Crippen LogP) is 2.79. The average molecular weight is 410 g/mol. The van der Waals surface area contributed by atoms with Crippen LogP contribution in [-0.2, 0) is 7.05 Å². The number of fused-ring (bicyclic) bond motifs is 1. The van der Waals surface area contributed by atoms with E-state index < -0.39 is 0 Å². The summed E-state index contributed by atoms with van der Waals surface area (Å²) < 4.78 is 1.54. The van der Waals surface area contributed by atoms with Gasteiger partial charge in [0, 0.05) is 55.3 Å². The standard InChI is InChI=1S/C22H20ClN3O3/c1-24-19-8-3-2-7-17(19)18(14-20(24)27)22(29)26-11-9-25(10-12-26)21(28)15-5-4-6-16(23)13-15/h2-8,13-14H,9-12H2,1H3. The number of nitrogens with zero attached hydrogens (tertiary/aromatic N) is 3. The van der Waals surface area contributed by atoms with Crippen LogP contribution in [0.1, 0.15) is 20.7 Å². The van der Waals surface area contributed by atoms with Crippen molar-refractivity contribution in [2.75, 3.05) is 26.2 Å². The third-order valence-corrected chi connectivity index (χ3v) is 5.55. The number of carbonyl (C=O) groups excluding carboxylic acids is 2. The van der Waals surface area contributed by atoms with Gasteiger partial charge in [0.1, 0.15) is 0 Å². The zero-order chi connectivity index (χ0) is 20.5. The van der Waals surface area contributed by atoms with Crippen molar-refractivity contribution in [3.8, 4) is 0 Å². The summed E-state index contributed by atoms with van der Waals surface area (Å²) in [5, 5.41) is 1.26. The molecule has 148 valence electrons. The number of hydrogen-bond acceptors (Lipinski definition) is 3. The van der Waals surface area contributed by atoms with Crippen LogP contribution in [-0.4, -0.2) is 52.4 Å². The average Bonchev–Trinajstić information content (AvgIpc) is 2.75. The van der Waals surface area contributed by atoms with Gasteiger partial charge in [0.2, 0.25) is 0 Å². The Morgan fingerprint density at radius 3 is 2.21 bits per heavy atom. The molecule has 1 saturated heterocycles. The van der Waals surface area contributed by atoms with E-state index in [-0.39, 0.29) is 17.4 Å². The summed E-state index contributed by atoms with van der Waals surface area (Å²) >= 11 is 5.98. The Labute approximate surface area is 172 Å². The smallest absolute Gasteiger partial charge is 0.254 e. The molecule has 0 saturated carbocycles. The van der Waals surface area contributed by atoms with E-state index in [9.17, 15) is 14.4 Å². The number of benzene rings is 2. The lowest BCUT2D eigenvalue weighted by atomic mass is 10.1. The lowest BCUT2D eigenvalue weighted by molar-refractivity contribution is 0.0536. The van der Waals surface area contributed by atoms with Crippen LogP contribution in [0, 0.1) is 0 Å². The van der Waals surface area contributed by atoms with E-state index >= 15 is 0 Å². The van der Waals surface area contributed by atoms with Crippen LogP contribution < -0.4 is 5.56 Å². The molecule has 0 spiro atoms. The summed E-state index contributed by atoms with van der Waals surface area (Å²) in [4.78, 5) is 41.5. The van der Waals surface area contributed by atoms with Gasteiger partial charge in [0.05, 0.1) is 11.1 Å². The zero-order valence-corrected chi connectivity index (χ0v) is 16.7. The van der Waals surface area contributed by atoms with Crippen LogP contribution in [0.2, 0.25) is 5.02 Å². The Morgan fingerprint density at radius 2 is 1.52 bits per heavy atom. The number of para-hydroxylation sites is 1. The zero-order valence-electron chi connectivity index (χ0n) is 16.0. The van der Waals surface area contributed by atoms with Gasteiger partial charge in [-0.2, -0.15) is 0 Å². The minimum Gasteiger partial charge on any atom is -0.335 e. The lowest BCUT2D eigenvalue weighted by Crippen LogP contribution is -2.50. The quantitative estimate of drug-likeness (QED) is 0.653. The first-order valence-electron chi connectivity index (χ1n) is 9.38. The summed E-state index contributed by atoms with van der Waals surface area (Å²) in [5.74, 6) is -0.285. The van der Waals surface area contributed by atoms with Crippen LogP contribution in [0.5, 0.6) is 0 Å². The largest absolute Gasteiger partial charge is 0.335 e. The maximum Gasteiger partial charge on any atom is 0.254 e. The molecule has 2 aromatic carbocycles. The van der Waals surface area contributed by atoms with Crippen LogP contribution in [0.15, 0.2) is 59.4 Å². The van der Waals surface area contributed by atoms with E-state index in [0.29, 0.717) is 42.3 Å². The monoisotopic (exact) mass is 409 g/mol. The van der Waals surface area contributed by atoms with E-state index in [2.05, 4.69) is 0 Å². The highest BCUT2D eigenvalue weighted by Crippen LogP contribution is 2.20. The number of amides is 2. The molecule has 0 N–H and O–H groups in total. The molecule has 0 atom stereocenters. The van der Waals surface area contributed by atoms with Crippen molar-refractivity contribution in [3.63, 3.8) is 0 Å². The van der Waals surface area contributed by atoms with E-state index in [1.807, 2.05) is 24.3 Å². The first-order valence-corrected chi connectivity index (χ1v) is 9.76. The maximum atomic E-state index is 13.1. The number of aryl methyl sites for hydroxylation is 1. The van der Waals surface area contributed by atoms with Gasteiger partial charge < -0.3 is 14.4 Å². The van der Waals surface area contributed by atoms with Crippen molar-refractivity contribution < 1.29 is 9.59 Å². The van der Waals surface area contributed by atoms with Gasteiger partial charge in [-0.3, -0.25) is 14.4 Å². The number of carbonyl (C=O) groups is 2. The summed E-state index contributed by atoms with van der Waals surface area (Å²) in [6, 6.07) is 15.6. The molecule has 0 radical (unpaired) electrons. The Kier molecular flexibility index (Phi) is 5.11. The topological polar surface area (TPSA) is 62.6 Å². The second kappa shape index (κ2) is 7.72. The normalized spacial score (nSPS) is 14.3. The molecule has 0 aliphatic carbocycles. The van der Waals surface area contributed by atoms with Gasteiger partial charge in [0.25, 0.3) is 17.4 Å². The molecular weight excluding hydrogens is 390 g/mol. The molecule has 7 heteroatoms. The molecule has 1 aliphatic heterocycles. The van der Waals surface area contributed by atoms with Gasteiger partial charge in [-0.1, -0.05) is 35.9 Å². The van der Waals surface area contributed by atoms with Crippen LogP contribution in [0.25, 0.3) is 10.9 Å². The minimum atomic E-state index is -0.221. The first kappa shape index (κ1) is 19.2. The van der Waals surface area contributed by atoms with Crippen molar-refractivity contribution in [1.82, 2.24) is 14.4 Å². The first-order chi connectivity index (χ1) is 14.0. The molecule has 1 aromatic heterocycles. The summed E-state index contributed by atoms with van der Waals surface area (Å²) in [6.45, 7) is 1.68. The van der Waals surface area contributed by atoms with Crippen molar-refractivity contribution in [2.45, 2.75) is 0 Å². The molecule has 3 aromatic rings. The van der Waals surface area contributed by atoms with E-state index in [1.54, 1.807) is 41.1 Å². The third kappa shape index (κ3) is 3.63. The number of pyridine rings is 1. The van der Waals surface area contributed by atoms with Gasteiger partial charge in [-0.05, 0) is 24.3 Å². The molecule has 4 rings (SSSR count). The molecule has 1 aliphatic rings. The molecule has 29 heavy (non-hydrogen) atoms. The van der Waals surface area contributed by atoms with E-state index in [1.165, 1.54) is 10.6 Å². The number of piperazine rings is 1. The summed E-state index contributed by atoms with van der Waals surface area (Å²) in [5.41, 5.74) is 1.44. The Hall–Kier alpha value is -3.12. The molecule has 2 heterocycles. The van der Waals surface area contributed by atoms with Crippen LogP contribution in [0.3, 0.4) is 0 Å². The summed E-state index contributed by atoms with van der Waals surface area (Å²) in [6.07, 6.45) is 0. The fourth-order valence-electron chi connectivity index (χ4n) is 3.67. The minimum absolute atomic E-state index is 0.0985. The van der Waals surface area contributed by atoms with Crippen LogP contribution >= 0.6 is 11.6 Å². The highest BCUT2D eigenvalue weighted by molar-refractivity contribution is 6.31. The number of rotatable bonds is 2. The fourth-order valence-corrected chi connectivity index (χ4v) is 3.86. The van der Waals surface area contributed by atoms with E-state index in [0.717, 1.165) is 10.9 Å². The SMILES string of the molecule is Cn1c(=O)cc(C(=O)N2CCN(C(=O)c3cccc(Cl)c3)CC2)c2ccccc21. The van der Waals surface area contributed by atoms with Crippen LogP contribution in [0.4, 0.5) is 0 Å². The van der Waals surface area contributed by atoms with Crippen molar-refractivity contribution >= 4 is 34.3 Å². The second-order valence-electron chi connectivity index (χ2n) is 7.07. The predicted molar refractivity (Wildman–Crippen MR) is 112 cm³/mol. The molecule has 2 amide bonds. The van der Waals surface area contributed by atoms with Crippen molar-refractivity contribution in [1.29, 1.82) is 0 Å².